The number of rotatable bonds is 6. The second kappa shape index (κ2) is 8.93. The number of esters is 1. The molecule has 0 saturated carbocycles. The third-order valence-electron chi connectivity index (χ3n) is 4.52. The molecule has 8 heteroatoms. The summed E-state index contributed by atoms with van der Waals surface area (Å²) in [6, 6.07) is 5.21. The molecule has 0 aliphatic carbocycles. The van der Waals surface area contributed by atoms with Crippen molar-refractivity contribution in [3.05, 3.63) is 51.3 Å². The Balaban J connectivity index is 2.19. The van der Waals surface area contributed by atoms with Gasteiger partial charge in [-0.1, -0.05) is 17.7 Å². The van der Waals surface area contributed by atoms with Gasteiger partial charge in [0.1, 0.15) is 12.2 Å². The van der Waals surface area contributed by atoms with Crippen molar-refractivity contribution in [1.82, 2.24) is 9.88 Å². The van der Waals surface area contributed by atoms with E-state index >= 15 is 0 Å². The van der Waals surface area contributed by atoms with E-state index in [9.17, 15) is 14.4 Å². The van der Waals surface area contributed by atoms with Crippen molar-refractivity contribution < 1.29 is 19.1 Å². The number of carbonyl (C=O) groups is 3. The lowest BCUT2D eigenvalue weighted by molar-refractivity contribution is -0.116. The van der Waals surface area contributed by atoms with Crippen LogP contribution in [-0.2, 0) is 9.53 Å². The molecule has 2 rings (SSSR count). The van der Waals surface area contributed by atoms with Crippen molar-refractivity contribution in [2.24, 2.45) is 0 Å². The predicted molar refractivity (Wildman–Crippen MR) is 108 cm³/mol. The number of methoxy groups -OCH3 is 1. The highest BCUT2D eigenvalue weighted by Crippen LogP contribution is 2.22. The highest BCUT2D eigenvalue weighted by molar-refractivity contribution is 6.31. The number of benzene rings is 1. The minimum absolute atomic E-state index is 0.133. The van der Waals surface area contributed by atoms with Crippen LogP contribution in [0.2, 0.25) is 5.02 Å². The number of aromatic nitrogens is 1. The average molecular weight is 406 g/mol. The van der Waals surface area contributed by atoms with Crippen LogP contribution in [0.1, 0.15) is 44.6 Å². The number of nitrogens with one attached hydrogen (secondary N) is 2. The number of hydrogen-bond donors (Lipinski definition) is 2. The van der Waals surface area contributed by atoms with Crippen molar-refractivity contribution in [1.29, 1.82) is 0 Å². The number of likely N-dealkylation sites (N-methyl/N-ethyl adjacent to an activating group) is 1. The van der Waals surface area contributed by atoms with Crippen LogP contribution >= 0.6 is 11.6 Å². The van der Waals surface area contributed by atoms with Gasteiger partial charge < -0.3 is 19.9 Å². The largest absolute Gasteiger partial charge is 0.465 e. The summed E-state index contributed by atoms with van der Waals surface area (Å²) in [6.45, 7) is 7.20. The van der Waals surface area contributed by atoms with Crippen molar-refractivity contribution in [2.45, 2.75) is 27.7 Å². The molecule has 1 aromatic carbocycles. The molecule has 0 atom stereocenters. The Bertz CT molecular complexity index is 920. The zero-order valence-corrected chi connectivity index (χ0v) is 17.4. The zero-order chi connectivity index (χ0) is 21.0. The van der Waals surface area contributed by atoms with E-state index in [1.165, 1.54) is 12.0 Å². The first kappa shape index (κ1) is 21.5. The maximum absolute atomic E-state index is 12.9. The second-order valence-corrected chi connectivity index (χ2v) is 6.88. The standard InChI is InChI=1S/C20H24ClN3O4/c1-6-24(10-16(25)23-15-9-14(21)8-7-11(15)2)19(26)18-12(3)17(13(4)22-18)20(27)28-5/h7-9,22H,6,10H2,1-5H3,(H,23,25). The maximum atomic E-state index is 12.9. The highest BCUT2D eigenvalue weighted by Gasteiger charge is 2.26. The molecule has 1 heterocycles. The third-order valence-corrected chi connectivity index (χ3v) is 4.75. The molecule has 7 nitrogen and oxygen atoms in total. The van der Waals surface area contributed by atoms with Crippen molar-refractivity contribution in [3.8, 4) is 0 Å². The van der Waals surface area contributed by atoms with Gasteiger partial charge in [0.25, 0.3) is 5.91 Å². The topological polar surface area (TPSA) is 91.5 Å². The van der Waals surface area contributed by atoms with E-state index in [0.29, 0.717) is 34.1 Å². The Morgan fingerprint density at radius 2 is 1.89 bits per heavy atom. The van der Waals surface area contributed by atoms with E-state index in [1.54, 1.807) is 39.0 Å². The van der Waals surface area contributed by atoms with E-state index in [4.69, 9.17) is 16.3 Å². The van der Waals surface area contributed by atoms with Crippen LogP contribution in [0.4, 0.5) is 5.69 Å². The summed E-state index contributed by atoms with van der Waals surface area (Å²) in [6.07, 6.45) is 0. The molecule has 2 amide bonds. The fraction of sp³-hybridized carbons (Fsp3) is 0.350. The molecule has 0 fully saturated rings. The number of anilines is 1. The molecule has 0 saturated heterocycles. The molecule has 150 valence electrons. The van der Waals surface area contributed by atoms with Crippen LogP contribution in [0.15, 0.2) is 18.2 Å². The van der Waals surface area contributed by atoms with Gasteiger partial charge in [-0.3, -0.25) is 9.59 Å². The van der Waals surface area contributed by atoms with Gasteiger partial charge in [-0.2, -0.15) is 0 Å². The Morgan fingerprint density at radius 1 is 1.21 bits per heavy atom. The maximum Gasteiger partial charge on any atom is 0.339 e. The normalized spacial score (nSPS) is 10.5. The number of aromatic amines is 1. The number of carbonyl (C=O) groups excluding carboxylic acids is 3. The average Bonchev–Trinajstić information content (AvgIpc) is 2.95. The van der Waals surface area contributed by atoms with Crippen LogP contribution in [0, 0.1) is 20.8 Å². The molecule has 0 bridgehead atoms. The van der Waals surface area contributed by atoms with E-state index in [0.717, 1.165) is 5.56 Å². The van der Waals surface area contributed by atoms with Crippen molar-refractivity contribution >= 4 is 35.1 Å². The Hall–Kier alpha value is -2.80. The molecule has 1 aromatic heterocycles. The van der Waals surface area contributed by atoms with Crippen LogP contribution in [0.5, 0.6) is 0 Å². The third kappa shape index (κ3) is 4.54. The van der Waals surface area contributed by atoms with E-state index < -0.39 is 5.97 Å². The number of H-pyrrole nitrogens is 1. The van der Waals surface area contributed by atoms with Gasteiger partial charge in [0.2, 0.25) is 5.91 Å². The number of hydrogen-bond acceptors (Lipinski definition) is 4. The first-order valence-corrected chi connectivity index (χ1v) is 9.20. The smallest absolute Gasteiger partial charge is 0.339 e. The fourth-order valence-electron chi connectivity index (χ4n) is 2.95. The van der Waals surface area contributed by atoms with E-state index in [-0.39, 0.29) is 24.1 Å². The summed E-state index contributed by atoms with van der Waals surface area (Å²) in [5, 5.41) is 3.29. The van der Waals surface area contributed by atoms with Crippen LogP contribution in [0.25, 0.3) is 0 Å². The van der Waals surface area contributed by atoms with E-state index in [1.807, 2.05) is 6.92 Å². The molecule has 0 aliphatic rings. The monoisotopic (exact) mass is 405 g/mol. The Kier molecular flexibility index (Phi) is 6.85. The lowest BCUT2D eigenvalue weighted by atomic mass is 10.1. The Morgan fingerprint density at radius 3 is 2.50 bits per heavy atom. The molecule has 2 aromatic rings. The van der Waals surface area contributed by atoms with Gasteiger partial charge in [0, 0.05) is 22.9 Å². The lowest BCUT2D eigenvalue weighted by Crippen LogP contribution is -2.38. The SMILES string of the molecule is CCN(CC(=O)Nc1cc(Cl)ccc1C)C(=O)c1[nH]c(C)c(C(=O)OC)c1C. The summed E-state index contributed by atoms with van der Waals surface area (Å²) in [7, 11) is 1.29. The van der Waals surface area contributed by atoms with Crippen LogP contribution in [-0.4, -0.2) is 47.9 Å². The molecule has 0 unspecified atom stereocenters. The molecule has 0 aliphatic heterocycles. The minimum Gasteiger partial charge on any atom is -0.465 e. The number of amides is 2. The molecule has 0 radical (unpaired) electrons. The van der Waals surface area contributed by atoms with Gasteiger partial charge in [-0.05, 0) is 51.0 Å². The minimum atomic E-state index is -0.512. The highest BCUT2D eigenvalue weighted by atomic mass is 35.5. The van der Waals surface area contributed by atoms with Gasteiger partial charge in [-0.15, -0.1) is 0 Å². The number of ether oxygens (including phenoxy) is 1. The van der Waals surface area contributed by atoms with Crippen molar-refractivity contribution in [3.63, 3.8) is 0 Å². The van der Waals surface area contributed by atoms with Gasteiger partial charge in [-0.25, -0.2) is 4.79 Å². The van der Waals surface area contributed by atoms with Crippen LogP contribution in [0.3, 0.4) is 0 Å². The molecule has 28 heavy (non-hydrogen) atoms. The first-order valence-electron chi connectivity index (χ1n) is 8.82. The fourth-order valence-corrected chi connectivity index (χ4v) is 3.12. The summed E-state index contributed by atoms with van der Waals surface area (Å²) >= 11 is 5.98. The summed E-state index contributed by atoms with van der Waals surface area (Å²) < 4.78 is 4.77. The van der Waals surface area contributed by atoms with Crippen LogP contribution < -0.4 is 5.32 Å². The predicted octanol–water partition coefficient (Wildman–Crippen LogP) is 3.48. The summed E-state index contributed by atoms with van der Waals surface area (Å²) in [4.78, 5) is 41.7. The Labute approximate surface area is 169 Å². The lowest BCUT2D eigenvalue weighted by Gasteiger charge is -2.20. The quantitative estimate of drug-likeness (QED) is 0.719. The molecule has 2 N–H and O–H groups in total. The van der Waals surface area contributed by atoms with E-state index in [2.05, 4.69) is 10.3 Å². The number of nitrogens with zero attached hydrogens (tertiary/aromatic N) is 1. The van der Waals surface area contributed by atoms with Gasteiger partial charge in [0.05, 0.1) is 12.7 Å². The van der Waals surface area contributed by atoms with Crippen molar-refractivity contribution in [2.75, 3.05) is 25.5 Å². The summed E-state index contributed by atoms with van der Waals surface area (Å²) in [5.74, 6) is -1.21. The second-order valence-electron chi connectivity index (χ2n) is 6.44. The van der Waals surface area contributed by atoms with Gasteiger partial charge in [0.15, 0.2) is 0 Å². The molecular formula is C20H24ClN3O4. The summed E-state index contributed by atoms with van der Waals surface area (Å²) in [5.41, 5.74) is 3.11. The first-order chi connectivity index (χ1) is 13.2. The van der Waals surface area contributed by atoms with Gasteiger partial charge >= 0.3 is 5.97 Å². The zero-order valence-electron chi connectivity index (χ0n) is 16.6. The molecule has 0 spiro atoms. The molecular weight excluding hydrogens is 382 g/mol. The number of halogens is 1. The number of aryl methyl sites for hydroxylation is 2.